The number of aliphatic hydroxyl groups is 1. The molecule has 8 fully saturated rings. The summed E-state index contributed by atoms with van der Waals surface area (Å²) in [5.74, 6) is 9.26. The summed E-state index contributed by atoms with van der Waals surface area (Å²) in [7, 11) is 8.14. The fourth-order valence-electron chi connectivity index (χ4n) is 20.8. The highest BCUT2D eigenvalue weighted by Crippen LogP contribution is 2.45. The van der Waals surface area contributed by atoms with Crippen molar-refractivity contribution >= 4 is 78.0 Å². The second-order valence-electron chi connectivity index (χ2n) is 40.9. The number of benzene rings is 4. The molecule has 0 bridgehead atoms. The molecule has 7 saturated heterocycles. The van der Waals surface area contributed by atoms with Gasteiger partial charge < -0.3 is 112 Å². The highest BCUT2D eigenvalue weighted by atomic mass is 35.5. The zero-order valence-corrected chi connectivity index (χ0v) is 85.8. The third-order valence-electron chi connectivity index (χ3n) is 29.2. The van der Waals surface area contributed by atoms with E-state index >= 15 is 0 Å². The number of furan rings is 4. The van der Waals surface area contributed by atoms with Gasteiger partial charge in [-0.15, -0.1) is 13.2 Å². The first kappa shape index (κ1) is 104. The molecule has 20 rings (SSSR count). The van der Waals surface area contributed by atoms with Crippen molar-refractivity contribution in [1.29, 1.82) is 0 Å². The van der Waals surface area contributed by atoms with E-state index in [9.17, 15) is 23.4 Å². The summed E-state index contributed by atoms with van der Waals surface area (Å²) in [5.41, 5.74) is 9.11. The molecular formula is C112H147ClF3N15O12. The van der Waals surface area contributed by atoms with Gasteiger partial charge in [-0.2, -0.15) is 0 Å². The average Bonchev–Trinajstić information content (AvgIpc) is 1.64. The summed E-state index contributed by atoms with van der Waals surface area (Å²) < 4.78 is 98.0. The van der Waals surface area contributed by atoms with Crippen molar-refractivity contribution in [3.63, 3.8) is 0 Å². The molecule has 15 heterocycles. The summed E-state index contributed by atoms with van der Waals surface area (Å²) in [5, 5.41) is 40.0. The Kier molecular flexibility index (Phi) is 35.5. The number of aryl methyl sites for hydroxylation is 4. The molecule has 0 radical (unpaired) electrons. The zero-order chi connectivity index (χ0) is 99.5. The number of halogens is 4. The number of fused-ring (bicyclic) bond motifs is 4. The predicted octanol–water partition coefficient (Wildman–Crippen LogP) is 22.8. The van der Waals surface area contributed by atoms with Gasteiger partial charge in [0.2, 0.25) is 0 Å². The number of nitrogens with zero attached hydrogens (tertiary/aromatic N) is 11. The largest absolute Gasteiger partial charge is 0.573 e. The van der Waals surface area contributed by atoms with Crippen molar-refractivity contribution < 1.29 is 69.5 Å². The van der Waals surface area contributed by atoms with E-state index in [0.717, 1.165) is 263 Å². The summed E-state index contributed by atoms with van der Waals surface area (Å²) in [6, 6.07) is 39.0. The van der Waals surface area contributed by atoms with Gasteiger partial charge in [-0.1, -0.05) is 11.6 Å². The minimum atomic E-state index is -4.85. The number of alkyl halides is 3. The SMILES string of the molecule is COc1cc2c(NC3CCC(C)(O)CC3)cc(-c3ccc(C)o3)nc2cc1OCCCN1CCCC1.Cc1ccc(-c2cc(NC3CCN(C)CC3)c3cc(Cl)c(OCCCN4CCCC4)cc3n2)o1.Cc1ccc(-c2cc(NC3CCN(C)CC3)c3cc(OC(F)(F)F)c(OCCCN4CCCC4)cc3n2)o1.Cc1ccc(-c2cc(NCC3CCN(C)CC3)c3cc(O)c(OCCCN4CCCC4)cc3n2)o1. The van der Waals surface area contributed by atoms with Crippen molar-refractivity contribution in [3.05, 3.63) is 149 Å². The van der Waals surface area contributed by atoms with Gasteiger partial charge in [0.15, 0.2) is 57.5 Å². The number of phenols is 1. The van der Waals surface area contributed by atoms with E-state index in [0.29, 0.717) is 94.3 Å². The summed E-state index contributed by atoms with van der Waals surface area (Å²) in [4.78, 5) is 36.4. The Morgan fingerprint density at radius 3 is 1.07 bits per heavy atom. The number of anilines is 4. The van der Waals surface area contributed by atoms with Crippen LogP contribution in [0.25, 0.3) is 89.4 Å². The van der Waals surface area contributed by atoms with Crippen molar-refractivity contribution in [2.75, 3.05) is 200 Å². The number of hydrogen-bond acceptors (Lipinski definition) is 27. The molecule has 31 heteroatoms. The summed E-state index contributed by atoms with van der Waals surface area (Å²) >= 11 is 6.69. The quantitative estimate of drug-likeness (QED) is 0.0201. The Morgan fingerprint density at radius 2 is 0.706 bits per heavy atom. The van der Waals surface area contributed by atoms with Crippen LogP contribution in [0.5, 0.6) is 40.2 Å². The molecule has 770 valence electrons. The first-order chi connectivity index (χ1) is 69.2. The number of hydrogen-bond donors (Lipinski definition) is 6. The van der Waals surface area contributed by atoms with Crippen LogP contribution >= 0.6 is 11.6 Å². The number of pyridine rings is 4. The zero-order valence-electron chi connectivity index (χ0n) is 85.1. The third kappa shape index (κ3) is 28.9. The fraction of sp³-hybridized carbons (Fsp3) is 0.536. The lowest BCUT2D eigenvalue weighted by Crippen LogP contribution is -2.36. The van der Waals surface area contributed by atoms with Gasteiger partial charge in [-0.05, 0) is 392 Å². The van der Waals surface area contributed by atoms with Crippen LogP contribution in [0, 0.1) is 33.6 Å². The van der Waals surface area contributed by atoms with Crippen LogP contribution < -0.4 is 49.7 Å². The molecule has 0 amide bonds. The standard InChI is InChI=1S/C29H39N3O4.C28H35F3N4O3.C28H38N4O3.C27H35ClN4O2/c1-20-7-8-26(36-20)25-18-23(30-21-9-11-29(2,33)12-10-21)22-17-27(34-3)28(19-24(22)31-25)35-16-6-15-32-13-4-5-14-32;1-19-6-7-25(37-19)24-17-22(32-20-8-13-34(2)14-9-20)21-16-27(38-28(29,30)31)26(18-23(21)33-24)36-15-5-12-35-10-3-4-11-35;1-20-6-7-27(35-20)25-17-23(29-19-21-8-13-31(2)14-9-21)22-16-26(33)28(18-24(22)30-25)34-15-5-12-32-10-3-4-11-32;1-19-6-7-26(34-19)25-17-23(29-20-8-13-31(2)14-9-20)21-16-22(28)27(18-24(21)30-25)33-15-5-12-32-10-3-4-11-32/h7-8,17-19,21,33H,4-6,9-16H2,1-3H3,(H,30,31);6-7,16-18,20H,3-5,8-15H2,1-2H3,(H,32,33);6-7,16-18,21,33H,3-5,8-15,19H2,1-2H3,(H,29,30);6-7,16-18,20H,3-5,8-15H2,1-2H3,(H,29,30). The van der Waals surface area contributed by atoms with Gasteiger partial charge in [-0.25, -0.2) is 19.9 Å². The summed E-state index contributed by atoms with van der Waals surface area (Å²) in [6.45, 7) is 32.4. The number of methoxy groups -OCH3 is 1. The average molecular weight is 1990 g/mol. The molecule has 27 nitrogen and oxygen atoms in total. The maximum atomic E-state index is 13.4. The first-order valence-electron chi connectivity index (χ1n) is 52.3. The number of phenolic OH excluding ortho intramolecular Hbond substituents is 1. The third-order valence-corrected chi connectivity index (χ3v) is 29.5. The van der Waals surface area contributed by atoms with E-state index in [1.807, 2.05) is 126 Å². The molecule has 0 atom stereocenters. The van der Waals surface area contributed by atoms with Crippen LogP contribution in [0.2, 0.25) is 5.02 Å². The van der Waals surface area contributed by atoms with Gasteiger partial charge in [0, 0.05) is 119 Å². The predicted molar refractivity (Wildman–Crippen MR) is 563 cm³/mol. The van der Waals surface area contributed by atoms with Crippen molar-refractivity contribution in [1.82, 2.24) is 54.2 Å². The lowest BCUT2D eigenvalue weighted by Gasteiger charge is -2.34. The van der Waals surface area contributed by atoms with Crippen LogP contribution in [0.3, 0.4) is 0 Å². The second kappa shape index (κ2) is 48.9. The molecule has 8 aromatic heterocycles. The molecule has 6 N–H and O–H groups in total. The minimum absolute atomic E-state index is 0.0294. The monoisotopic (exact) mass is 1990 g/mol. The molecule has 7 aliphatic heterocycles. The van der Waals surface area contributed by atoms with E-state index in [2.05, 4.69) is 93.6 Å². The van der Waals surface area contributed by atoms with Gasteiger partial charge >= 0.3 is 6.36 Å². The van der Waals surface area contributed by atoms with Crippen LogP contribution in [0.4, 0.5) is 35.9 Å². The normalized spacial score (nSPS) is 19.1. The highest BCUT2D eigenvalue weighted by molar-refractivity contribution is 6.33. The van der Waals surface area contributed by atoms with E-state index in [-0.39, 0.29) is 35.9 Å². The van der Waals surface area contributed by atoms with E-state index in [1.165, 1.54) is 110 Å². The first-order valence-corrected chi connectivity index (χ1v) is 52.7. The fourth-order valence-corrected chi connectivity index (χ4v) is 21.0. The van der Waals surface area contributed by atoms with E-state index < -0.39 is 12.0 Å². The molecule has 12 aromatic rings. The second-order valence-corrected chi connectivity index (χ2v) is 41.3. The molecular weight excluding hydrogens is 1840 g/mol. The van der Waals surface area contributed by atoms with Gasteiger partial charge in [0.25, 0.3) is 0 Å². The van der Waals surface area contributed by atoms with E-state index in [1.54, 1.807) is 19.2 Å². The summed E-state index contributed by atoms with van der Waals surface area (Å²) in [6.07, 6.45) is 18.9. The van der Waals surface area contributed by atoms with Crippen LogP contribution in [0.15, 0.2) is 139 Å². The number of nitrogens with one attached hydrogen (secondary N) is 4. The van der Waals surface area contributed by atoms with Crippen LogP contribution in [-0.2, 0) is 0 Å². The highest BCUT2D eigenvalue weighted by Gasteiger charge is 2.35. The number of rotatable bonds is 35. The Bertz CT molecular complexity index is 6130. The van der Waals surface area contributed by atoms with Crippen molar-refractivity contribution in [3.8, 4) is 86.1 Å². The topological polar surface area (TPSA) is 271 Å². The minimum Gasteiger partial charge on any atom is -0.504 e. The Morgan fingerprint density at radius 1 is 0.392 bits per heavy atom. The lowest BCUT2D eigenvalue weighted by atomic mass is 9.83. The number of piperidine rings is 3. The molecule has 0 spiro atoms. The Hall–Kier alpha value is -10.8. The maximum absolute atomic E-state index is 13.4. The Balaban J connectivity index is 0.000000131. The van der Waals surface area contributed by atoms with Crippen molar-refractivity contribution in [2.45, 2.75) is 206 Å². The lowest BCUT2D eigenvalue weighted by molar-refractivity contribution is -0.275. The van der Waals surface area contributed by atoms with Gasteiger partial charge in [0.1, 0.15) is 51.6 Å². The number of likely N-dealkylation sites (tertiary alicyclic amines) is 7. The molecule has 4 aromatic carbocycles. The maximum Gasteiger partial charge on any atom is 0.573 e. The molecule has 1 saturated carbocycles. The molecule has 1 aliphatic carbocycles. The smallest absolute Gasteiger partial charge is 0.504 e. The molecule has 8 aliphatic rings. The van der Waals surface area contributed by atoms with Gasteiger partial charge in [-0.3, -0.25) is 0 Å². The number of ether oxygens (including phenoxy) is 6. The Labute approximate surface area is 844 Å². The molecule has 143 heavy (non-hydrogen) atoms. The van der Waals surface area contributed by atoms with Crippen LogP contribution in [-0.4, -0.2) is 274 Å². The molecule has 0 unspecified atom stereocenters. The van der Waals surface area contributed by atoms with Gasteiger partial charge in [0.05, 0.1) is 66.2 Å². The van der Waals surface area contributed by atoms with Crippen LogP contribution in [0.1, 0.15) is 171 Å². The number of aromatic hydroxyl groups is 1. The van der Waals surface area contributed by atoms with Crippen molar-refractivity contribution in [2.24, 2.45) is 5.92 Å². The van der Waals surface area contributed by atoms with E-state index in [4.69, 9.17) is 72.9 Å². The number of aromatic nitrogens is 4.